The van der Waals surface area contributed by atoms with E-state index in [0.717, 1.165) is 31.7 Å². The number of hydrogen-bond donors (Lipinski definition) is 0. The van der Waals surface area contributed by atoms with E-state index < -0.39 is 0 Å². The molecule has 1 aliphatic heterocycles. The summed E-state index contributed by atoms with van der Waals surface area (Å²) in [5.74, 6) is 1.37. The molecule has 0 spiro atoms. The zero-order valence-corrected chi connectivity index (χ0v) is 12.5. The van der Waals surface area contributed by atoms with E-state index in [1.807, 2.05) is 17.0 Å². The van der Waals surface area contributed by atoms with Gasteiger partial charge in [-0.25, -0.2) is 0 Å². The van der Waals surface area contributed by atoms with Crippen LogP contribution in [-0.4, -0.2) is 44.2 Å². The van der Waals surface area contributed by atoms with Gasteiger partial charge in [0.1, 0.15) is 5.75 Å². The summed E-state index contributed by atoms with van der Waals surface area (Å²) in [6.07, 6.45) is 2.07. The lowest BCUT2D eigenvalue weighted by Crippen LogP contribution is -2.46. The van der Waals surface area contributed by atoms with Crippen LogP contribution in [0, 0.1) is 5.92 Å². The van der Waals surface area contributed by atoms with Gasteiger partial charge in [0.05, 0.1) is 13.2 Å². The normalized spacial score (nSPS) is 22.6. The van der Waals surface area contributed by atoms with Gasteiger partial charge in [-0.2, -0.15) is 0 Å². The Bertz CT molecular complexity index is 444. The molecule has 4 heteroatoms. The molecule has 1 fully saturated rings. The maximum absolute atomic E-state index is 11.5. The number of carbonyl (C=O) groups excluding carboxylic acids is 1. The first-order valence-electron chi connectivity index (χ1n) is 7.05. The molecule has 2 rings (SSSR count). The van der Waals surface area contributed by atoms with Crippen LogP contribution in [0.25, 0.3) is 0 Å². The third kappa shape index (κ3) is 3.51. The van der Waals surface area contributed by atoms with Gasteiger partial charge in [0, 0.05) is 33.0 Å². The zero-order valence-electron chi connectivity index (χ0n) is 12.5. The molecule has 0 bridgehead atoms. The van der Waals surface area contributed by atoms with E-state index in [9.17, 15) is 4.79 Å². The average molecular weight is 277 g/mol. The van der Waals surface area contributed by atoms with Crippen molar-refractivity contribution in [3.05, 3.63) is 29.8 Å². The fraction of sp³-hybridized carbons (Fsp3) is 0.562. The lowest BCUT2D eigenvalue weighted by Gasteiger charge is -2.37. The summed E-state index contributed by atoms with van der Waals surface area (Å²) in [6, 6.07) is 8.11. The maximum Gasteiger partial charge on any atom is 0.219 e. The Labute approximate surface area is 120 Å². The summed E-state index contributed by atoms with van der Waals surface area (Å²) in [5.41, 5.74) is 1.25. The summed E-state index contributed by atoms with van der Waals surface area (Å²) in [6.45, 7) is 3.21. The highest BCUT2D eigenvalue weighted by Gasteiger charge is 2.30. The molecule has 0 saturated carbocycles. The van der Waals surface area contributed by atoms with Gasteiger partial charge in [-0.1, -0.05) is 12.1 Å². The molecule has 1 saturated heterocycles. The minimum absolute atomic E-state index is 0.152. The Kier molecular flexibility index (Phi) is 5.01. The molecule has 2 atom stereocenters. The molecule has 0 aliphatic carbocycles. The van der Waals surface area contributed by atoms with Gasteiger partial charge < -0.3 is 14.4 Å². The first-order valence-corrected chi connectivity index (χ1v) is 7.05. The van der Waals surface area contributed by atoms with E-state index in [1.54, 1.807) is 21.1 Å². The summed E-state index contributed by atoms with van der Waals surface area (Å²) >= 11 is 0. The molecular formula is C16H23NO3. The van der Waals surface area contributed by atoms with Gasteiger partial charge in [0.2, 0.25) is 5.91 Å². The molecule has 20 heavy (non-hydrogen) atoms. The molecule has 1 aliphatic rings. The van der Waals surface area contributed by atoms with Crippen molar-refractivity contribution in [1.29, 1.82) is 0 Å². The van der Waals surface area contributed by atoms with Crippen molar-refractivity contribution >= 4 is 5.91 Å². The van der Waals surface area contributed by atoms with Crippen LogP contribution in [0.3, 0.4) is 0 Å². The molecule has 0 unspecified atom stereocenters. The number of ether oxygens (including phenoxy) is 2. The molecule has 1 aromatic rings. The molecule has 4 nitrogen and oxygen atoms in total. The monoisotopic (exact) mass is 277 g/mol. The molecular weight excluding hydrogens is 254 g/mol. The van der Waals surface area contributed by atoms with Crippen molar-refractivity contribution in [1.82, 2.24) is 4.90 Å². The quantitative estimate of drug-likeness (QED) is 0.846. The number of hydrogen-bond acceptors (Lipinski definition) is 3. The topological polar surface area (TPSA) is 38.8 Å². The van der Waals surface area contributed by atoms with E-state index in [0.29, 0.717) is 5.92 Å². The largest absolute Gasteiger partial charge is 0.497 e. The second kappa shape index (κ2) is 6.75. The summed E-state index contributed by atoms with van der Waals surface area (Å²) in [4.78, 5) is 13.5. The molecule has 1 aromatic carbocycles. The van der Waals surface area contributed by atoms with Crippen molar-refractivity contribution < 1.29 is 14.3 Å². The minimum atomic E-state index is 0.152. The van der Waals surface area contributed by atoms with E-state index in [2.05, 4.69) is 12.1 Å². The van der Waals surface area contributed by atoms with Crippen LogP contribution in [0.5, 0.6) is 5.75 Å². The number of carbonyl (C=O) groups is 1. The first kappa shape index (κ1) is 14.9. The van der Waals surface area contributed by atoms with E-state index >= 15 is 0 Å². The number of amides is 1. The SMILES string of the molecule is COc1ccc(C[C@H]2CN(C(C)=O)CC[C@@H]2OC)cc1. The van der Waals surface area contributed by atoms with Crippen LogP contribution < -0.4 is 4.74 Å². The number of benzene rings is 1. The van der Waals surface area contributed by atoms with Crippen LogP contribution >= 0.6 is 0 Å². The second-order valence-electron chi connectivity index (χ2n) is 5.34. The van der Waals surface area contributed by atoms with Crippen molar-refractivity contribution in [2.75, 3.05) is 27.3 Å². The predicted molar refractivity (Wildman–Crippen MR) is 77.9 cm³/mol. The molecule has 0 N–H and O–H groups in total. The van der Waals surface area contributed by atoms with Gasteiger partial charge in [-0.05, 0) is 30.5 Å². The van der Waals surface area contributed by atoms with Crippen LogP contribution in [0.1, 0.15) is 18.9 Å². The standard InChI is InChI=1S/C16H23NO3/c1-12(18)17-9-8-16(20-3)14(11-17)10-13-4-6-15(19-2)7-5-13/h4-7,14,16H,8-11H2,1-3H3/t14-,16-/m0/s1. The molecule has 0 radical (unpaired) electrons. The van der Waals surface area contributed by atoms with E-state index in [-0.39, 0.29) is 12.0 Å². The summed E-state index contributed by atoms with van der Waals surface area (Å²) in [7, 11) is 3.43. The lowest BCUT2D eigenvalue weighted by atomic mass is 9.88. The number of likely N-dealkylation sites (tertiary alicyclic amines) is 1. The molecule has 1 heterocycles. The van der Waals surface area contributed by atoms with Crippen molar-refractivity contribution in [3.8, 4) is 5.75 Å². The highest BCUT2D eigenvalue weighted by molar-refractivity contribution is 5.73. The van der Waals surface area contributed by atoms with Crippen molar-refractivity contribution in [3.63, 3.8) is 0 Å². The van der Waals surface area contributed by atoms with Gasteiger partial charge in [0.25, 0.3) is 0 Å². The number of piperidine rings is 1. The fourth-order valence-electron chi connectivity index (χ4n) is 2.87. The first-order chi connectivity index (χ1) is 9.63. The van der Waals surface area contributed by atoms with Crippen LogP contribution in [0.15, 0.2) is 24.3 Å². The Morgan fingerprint density at radius 1 is 1.30 bits per heavy atom. The van der Waals surface area contributed by atoms with Gasteiger partial charge in [0.15, 0.2) is 0 Å². The number of nitrogens with zero attached hydrogens (tertiary/aromatic N) is 1. The Morgan fingerprint density at radius 2 is 2.00 bits per heavy atom. The van der Waals surface area contributed by atoms with Gasteiger partial charge in [-0.3, -0.25) is 4.79 Å². The maximum atomic E-state index is 11.5. The summed E-state index contributed by atoms with van der Waals surface area (Å²) in [5, 5.41) is 0. The summed E-state index contributed by atoms with van der Waals surface area (Å²) < 4.78 is 10.8. The molecule has 0 aromatic heterocycles. The Morgan fingerprint density at radius 3 is 2.55 bits per heavy atom. The smallest absolute Gasteiger partial charge is 0.219 e. The number of rotatable bonds is 4. The highest BCUT2D eigenvalue weighted by atomic mass is 16.5. The van der Waals surface area contributed by atoms with Crippen molar-refractivity contribution in [2.45, 2.75) is 25.9 Å². The Balaban J connectivity index is 2.04. The molecule has 1 amide bonds. The van der Waals surface area contributed by atoms with E-state index in [1.165, 1.54) is 5.56 Å². The highest BCUT2D eigenvalue weighted by Crippen LogP contribution is 2.24. The fourth-order valence-corrected chi connectivity index (χ4v) is 2.87. The third-order valence-corrected chi connectivity index (χ3v) is 4.07. The van der Waals surface area contributed by atoms with E-state index in [4.69, 9.17) is 9.47 Å². The van der Waals surface area contributed by atoms with Gasteiger partial charge >= 0.3 is 0 Å². The molecule has 110 valence electrons. The predicted octanol–water partition coefficient (Wildman–Crippen LogP) is 2.12. The Hall–Kier alpha value is -1.55. The average Bonchev–Trinajstić information content (AvgIpc) is 2.48. The third-order valence-electron chi connectivity index (χ3n) is 4.07. The zero-order chi connectivity index (χ0) is 14.5. The van der Waals surface area contributed by atoms with Crippen LogP contribution in [-0.2, 0) is 16.0 Å². The second-order valence-corrected chi connectivity index (χ2v) is 5.34. The van der Waals surface area contributed by atoms with Crippen molar-refractivity contribution in [2.24, 2.45) is 5.92 Å². The van der Waals surface area contributed by atoms with Gasteiger partial charge in [-0.15, -0.1) is 0 Å². The lowest BCUT2D eigenvalue weighted by molar-refractivity contribution is -0.133. The number of methoxy groups -OCH3 is 2. The van der Waals surface area contributed by atoms with Crippen LogP contribution in [0.2, 0.25) is 0 Å². The minimum Gasteiger partial charge on any atom is -0.497 e. The van der Waals surface area contributed by atoms with Crippen LogP contribution in [0.4, 0.5) is 0 Å².